The number of aromatic amines is 1. The number of ether oxygens (including phenoxy) is 1. The molecular formula is C21H22FN3O5S. The van der Waals surface area contributed by atoms with Crippen molar-refractivity contribution in [2.45, 2.75) is 32.7 Å². The van der Waals surface area contributed by atoms with E-state index in [-0.39, 0.29) is 23.5 Å². The molecule has 0 radical (unpaired) electrons. The molecule has 2 aromatic rings. The van der Waals surface area contributed by atoms with Crippen LogP contribution < -0.4 is 15.4 Å². The number of aryl methyl sites for hydroxylation is 1. The highest BCUT2D eigenvalue weighted by Crippen LogP contribution is 2.35. The molecule has 31 heavy (non-hydrogen) atoms. The molecule has 1 aromatic carbocycles. The van der Waals surface area contributed by atoms with Gasteiger partial charge in [-0.1, -0.05) is 0 Å². The van der Waals surface area contributed by atoms with Crippen LogP contribution in [0.1, 0.15) is 35.4 Å². The lowest BCUT2D eigenvalue weighted by atomic mass is 10.0. The molecule has 3 heterocycles. The van der Waals surface area contributed by atoms with Crippen molar-refractivity contribution < 1.29 is 27.1 Å². The van der Waals surface area contributed by atoms with Crippen LogP contribution in [0.15, 0.2) is 18.2 Å². The first kappa shape index (κ1) is 21.1. The average molecular weight is 447 g/mol. The number of halogens is 1. The lowest BCUT2D eigenvalue weighted by Gasteiger charge is -2.22. The Balaban J connectivity index is 1.52. The summed E-state index contributed by atoms with van der Waals surface area (Å²) in [6, 6.07) is 3.81. The van der Waals surface area contributed by atoms with E-state index in [0.29, 0.717) is 52.4 Å². The van der Waals surface area contributed by atoms with Gasteiger partial charge in [-0.15, -0.1) is 0 Å². The van der Waals surface area contributed by atoms with Crippen molar-refractivity contribution in [2.75, 3.05) is 16.8 Å². The molecule has 0 bridgehead atoms. The number of rotatable bonds is 3. The summed E-state index contributed by atoms with van der Waals surface area (Å²) >= 11 is 0. The third-order valence-electron chi connectivity index (χ3n) is 5.53. The monoisotopic (exact) mass is 447 g/mol. The molecule has 0 spiro atoms. The minimum absolute atomic E-state index is 0.0437. The van der Waals surface area contributed by atoms with Gasteiger partial charge in [0.15, 0.2) is 5.75 Å². The van der Waals surface area contributed by atoms with Crippen LogP contribution >= 0.6 is 0 Å². The second-order valence-corrected chi connectivity index (χ2v) is 10.1. The van der Waals surface area contributed by atoms with Crippen molar-refractivity contribution in [3.8, 4) is 5.75 Å². The van der Waals surface area contributed by atoms with Crippen molar-refractivity contribution in [3.05, 3.63) is 46.5 Å². The largest absolute Gasteiger partial charge is 0.412 e. The molecule has 4 rings (SSSR count). The number of nitrogens with one attached hydrogen (secondary N) is 3. The van der Waals surface area contributed by atoms with E-state index in [9.17, 15) is 22.4 Å². The molecule has 3 N–H and O–H groups in total. The second kappa shape index (κ2) is 7.84. The maximum absolute atomic E-state index is 13.7. The first-order chi connectivity index (χ1) is 14.6. The fraction of sp³-hybridized carbons (Fsp3) is 0.333. The van der Waals surface area contributed by atoms with E-state index in [0.717, 1.165) is 0 Å². The normalized spacial score (nSPS) is 19.2. The van der Waals surface area contributed by atoms with Crippen LogP contribution in [0.4, 0.5) is 14.9 Å². The summed E-state index contributed by atoms with van der Waals surface area (Å²) in [5.74, 6) is -0.383. The van der Waals surface area contributed by atoms with E-state index in [1.165, 1.54) is 18.2 Å². The summed E-state index contributed by atoms with van der Waals surface area (Å²) in [6.45, 7) is 3.47. The van der Waals surface area contributed by atoms with E-state index in [1.807, 2.05) is 0 Å². The highest BCUT2D eigenvalue weighted by Gasteiger charge is 2.27. The Bertz CT molecular complexity index is 1200. The smallest absolute Gasteiger partial charge is 0.408 e. The Morgan fingerprint density at radius 3 is 2.68 bits per heavy atom. The number of benzene rings is 1. The molecular weight excluding hydrogens is 425 g/mol. The zero-order chi connectivity index (χ0) is 22.3. The number of aromatic nitrogens is 1. The number of H-pyrrole nitrogens is 1. The summed E-state index contributed by atoms with van der Waals surface area (Å²) in [5, 5.41) is 5.40. The minimum atomic E-state index is -3.02. The topological polar surface area (TPSA) is 117 Å². The molecule has 1 aromatic heterocycles. The summed E-state index contributed by atoms with van der Waals surface area (Å²) in [6.07, 6.45) is 1.63. The Morgan fingerprint density at radius 1 is 1.26 bits per heavy atom. The van der Waals surface area contributed by atoms with E-state index in [4.69, 9.17) is 4.74 Å². The summed E-state index contributed by atoms with van der Waals surface area (Å²) < 4.78 is 42.2. The molecule has 0 saturated carbocycles. The lowest BCUT2D eigenvalue weighted by Crippen LogP contribution is -2.42. The number of hydrogen-bond donors (Lipinski definition) is 3. The van der Waals surface area contributed by atoms with Crippen LogP contribution in [0, 0.1) is 19.7 Å². The molecule has 8 nitrogen and oxygen atoms in total. The SMILES string of the molecule is Cc1[nH]c(/C=C2\C(=O)Nc3ccc(F)cc32)c(C)c1OC(=O)NC1CCS(=O)(=O)CC1. The van der Waals surface area contributed by atoms with Crippen LogP contribution in [0.25, 0.3) is 11.6 Å². The highest BCUT2D eigenvalue weighted by atomic mass is 32.2. The molecule has 0 unspecified atom stereocenters. The van der Waals surface area contributed by atoms with Gasteiger partial charge in [0, 0.05) is 28.6 Å². The number of carbonyl (C=O) groups excluding carboxylic acids is 2. The second-order valence-electron chi connectivity index (χ2n) is 7.78. The van der Waals surface area contributed by atoms with E-state index >= 15 is 0 Å². The van der Waals surface area contributed by atoms with E-state index < -0.39 is 21.7 Å². The van der Waals surface area contributed by atoms with Gasteiger partial charge in [-0.3, -0.25) is 4.79 Å². The van der Waals surface area contributed by atoms with Gasteiger partial charge in [0.2, 0.25) is 0 Å². The predicted octanol–water partition coefficient (Wildman–Crippen LogP) is 2.93. The van der Waals surface area contributed by atoms with Crippen molar-refractivity contribution in [1.82, 2.24) is 10.3 Å². The van der Waals surface area contributed by atoms with Crippen molar-refractivity contribution in [3.63, 3.8) is 0 Å². The number of sulfone groups is 1. The van der Waals surface area contributed by atoms with Crippen LogP contribution in [-0.2, 0) is 14.6 Å². The molecule has 1 fully saturated rings. The number of amides is 2. The molecule has 2 aliphatic rings. The number of hydrogen-bond acceptors (Lipinski definition) is 5. The molecule has 10 heteroatoms. The first-order valence-corrected chi connectivity index (χ1v) is 11.7. The van der Waals surface area contributed by atoms with Crippen molar-refractivity contribution in [1.29, 1.82) is 0 Å². The Kier molecular flexibility index (Phi) is 5.34. The predicted molar refractivity (Wildman–Crippen MR) is 114 cm³/mol. The van der Waals surface area contributed by atoms with Crippen LogP contribution in [0.3, 0.4) is 0 Å². The van der Waals surface area contributed by atoms with Gasteiger partial charge in [-0.2, -0.15) is 0 Å². The molecule has 2 amide bonds. The highest BCUT2D eigenvalue weighted by molar-refractivity contribution is 7.91. The third-order valence-corrected chi connectivity index (χ3v) is 7.25. The Hall–Kier alpha value is -3.14. The van der Waals surface area contributed by atoms with Gasteiger partial charge in [0.25, 0.3) is 5.91 Å². The van der Waals surface area contributed by atoms with Crippen LogP contribution in [-0.4, -0.2) is 42.9 Å². The third kappa shape index (κ3) is 4.34. The van der Waals surface area contributed by atoms with Gasteiger partial charge in [0.1, 0.15) is 15.7 Å². The summed E-state index contributed by atoms with van der Waals surface area (Å²) in [7, 11) is -3.02. The number of anilines is 1. The first-order valence-electron chi connectivity index (χ1n) is 9.84. The molecule has 2 aliphatic heterocycles. The minimum Gasteiger partial charge on any atom is -0.408 e. The molecule has 0 atom stereocenters. The quantitative estimate of drug-likeness (QED) is 0.626. The van der Waals surface area contributed by atoms with Crippen molar-refractivity contribution in [2.24, 2.45) is 0 Å². The number of fused-ring (bicyclic) bond motifs is 1. The molecule has 0 aliphatic carbocycles. The Morgan fingerprint density at radius 2 is 1.97 bits per heavy atom. The van der Waals surface area contributed by atoms with Gasteiger partial charge >= 0.3 is 6.09 Å². The van der Waals surface area contributed by atoms with Gasteiger partial charge < -0.3 is 20.4 Å². The summed E-state index contributed by atoms with van der Waals surface area (Å²) in [4.78, 5) is 27.8. The summed E-state index contributed by atoms with van der Waals surface area (Å²) in [5.41, 5.74) is 3.06. The van der Waals surface area contributed by atoms with Crippen LogP contribution in [0.5, 0.6) is 5.75 Å². The van der Waals surface area contributed by atoms with Crippen LogP contribution in [0.2, 0.25) is 0 Å². The Labute approximate surface area is 178 Å². The standard InChI is InChI=1S/C21H22FN3O5S/c1-11-18(10-16-15-9-13(22)3-4-17(15)25-20(16)26)23-12(2)19(11)30-21(27)24-14-5-7-31(28,29)8-6-14/h3-4,9-10,14,23H,5-8H2,1-2H3,(H,24,27)(H,25,26)/b16-10-. The van der Waals surface area contributed by atoms with Gasteiger partial charge in [-0.25, -0.2) is 17.6 Å². The molecule has 164 valence electrons. The zero-order valence-electron chi connectivity index (χ0n) is 17.0. The molecule has 1 saturated heterocycles. The zero-order valence-corrected chi connectivity index (χ0v) is 17.9. The maximum Gasteiger partial charge on any atom is 0.412 e. The van der Waals surface area contributed by atoms with Gasteiger partial charge in [0.05, 0.1) is 22.8 Å². The van der Waals surface area contributed by atoms with Crippen molar-refractivity contribution >= 4 is 39.2 Å². The van der Waals surface area contributed by atoms with Gasteiger partial charge in [-0.05, 0) is 51.0 Å². The lowest BCUT2D eigenvalue weighted by molar-refractivity contribution is -0.110. The van der Waals surface area contributed by atoms with E-state index in [1.54, 1.807) is 19.9 Å². The fourth-order valence-electron chi connectivity index (χ4n) is 3.82. The van der Waals surface area contributed by atoms with E-state index in [2.05, 4.69) is 15.6 Å². The maximum atomic E-state index is 13.7. The fourth-order valence-corrected chi connectivity index (χ4v) is 5.32. The average Bonchev–Trinajstić information content (AvgIpc) is 3.14. The number of carbonyl (C=O) groups is 2.